The fraction of sp³-hybridized carbons (Fsp3) is 0.227. The van der Waals surface area contributed by atoms with Crippen molar-refractivity contribution in [2.45, 2.75) is 17.9 Å². The molecule has 0 aliphatic heterocycles. The van der Waals surface area contributed by atoms with Crippen molar-refractivity contribution in [1.29, 1.82) is 0 Å². The number of nitrogens with zero attached hydrogens (tertiary/aromatic N) is 1. The Morgan fingerprint density at radius 3 is 2.32 bits per heavy atom. The van der Waals surface area contributed by atoms with Crippen LogP contribution in [0.2, 0.25) is 0 Å². The Bertz CT molecular complexity index is 1090. The Hall–Kier alpha value is -2.86. The highest BCUT2D eigenvalue weighted by molar-refractivity contribution is 7.90. The van der Waals surface area contributed by atoms with Gasteiger partial charge >= 0.3 is 0 Å². The fourth-order valence-corrected chi connectivity index (χ4v) is 3.63. The maximum absolute atomic E-state index is 12.6. The summed E-state index contributed by atoms with van der Waals surface area (Å²) < 4.78 is 29.0. The molecule has 0 heterocycles. The van der Waals surface area contributed by atoms with Gasteiger partial charge in [-0.3, -0.25) is 4.79 Å². The van der Waals surface area contributed by atoms with Crippen LogP contribution < -0.4 is 4.74 Å². The molecule has 146 valence electrons. The SMILES string of the molecule is CC(c1ccc(S(C)(=O)=O)cc1)N(C)C(=O)COc1cccc2ccccc12. The van der Waals surface area contributed by atoms with E-state index in [9.17, 15) is 13.2 Å². The van der Waals surface area contributed by atoms with Gasteiger partial charge in [0.25, 0.3) is 5.91 Å². The Morgan fingerprint density at radius 2 is 1.64 bits per heavy atom. The van der Waals surface area contributed by atoms with Crippen molar-refractivity contribution in [2.75, 3.05) is 19.9 Å². The Balaban J connectivity index is 1.68. The van der Waals surface area contributed by atoms with Gasteiger partial charge in [0, 0.05) is 18.7 Å². The summed E-state index contributed by atoms with van der Waals surface area (Å²) in [6.07, 6.45) is 1.17. The number of ether oxygens (including phenoxy) is 1. The van der Waals surface area contributed by atoms with Crippen LogP contribution in [0.3, 0.4) is 0 Å². The van der Waals surface area contributed by atoms with Crippen LogP contribution in [0.4, 0.5) is 0 Å². The molecule has 0 spiro atoms. The summed E-state index contributed by atoms with van der Waals surface area (Å²) >= 11 is 0. The average molecular weight is 397 g/mol. The highest BCUT2D eigenvalue weighted by Crippen LogP contribution is 2.26. The van der Waals surface area contributed by atoms with E-state index in [-0.39, 0.29) is 23.5 Å². The third-order valence-corrected chi connectivity index (χ3v) is 5.99. The van der Waals surface area contributed by atoms with Gasteiger partial charge in [-0.05, 0) is 36.1 Å². The van der Waals surface area contributed by atoms with E-state index < -0.39 is 9.84 Å². The van der Waals surface area contributed by atoms with Gasteiger partial charge in [0.1, 0.15) is 5.75 Å². The van der Waals surface area contributed by atoms with E-state index in [0.717, 1.165) is 16.3 Å². The van der Waals surface area contributed by atoms with E-state index in [0.29, 0.717) is 5.75 Å². The van der Waals surface area contributed by atoms with Gasteiger partial charge < -0.3 is 9.64 Å². The van der Waals surface area contributed by atoms with Crippen molar-refractivity contribution in [3.05, 3.63) is 72.3 Å². The van der Waals surface area contributed by atoms with Crippen molar-refractivity contribution in [3.63, 3.8) is 0 Å². The molecule has 28 heavy (non-hydrogen) atoms. The van der Waals surface area contributed by atoms with E-state index in [2.05, 4.69) is 0 Å². The zero-order valence-corrected chi connectivity index (χ0v) is 16.9. The number of carbonyl (C=O) groups is 1. The van der Waals surface area contributed by atoms with E-state index >= 15 is 0 Å². The molecule has 3 aromatic carbocycles. The van der Waals surface area contributed by atoms with Crippen LogP contribution in [-0.4, -0.2) is 39.1 Å². The fourth-order valence-electron chi connectivity index (χ4n) is 3.00. The average Bonchev–Trinajstić information content (AvgIpc) is 2.70. The lowest BCUT2D eigenvalue weighted by Gasteiger charge is -2.25. The molecule has 0 fully saturated rings. The zero-order valence-electron chi connectivity index (χ0n) is 16.1. The first-order valence-corrected chi connectivity index (χ1v) is 10.8. The van der Waals surface area contributed by atoms with Gasteiger partial charge in [0.05, 0.1) is 10.9 Å². The second-order valence-corrected chi connectivity index (χ2v) is 8.80. The first-order valence-electron chi connectivity index (χ1n) is 8.93. The minimum absolute atomic E-state index is 0.0731. The predicted molar refractivity (Wildman–Crippen MR) is 110 cm³/mol. The molecule has 1 unspecified atom stereocenters. The smallest absolute Gasteiger partial charge is 0.260 e. The first-order chi connectivity index (χ1) is 13.3. The number of fused-ring (bicyclic) bond motifs is 1. The van der Waals surface area contributed by atoms with Crippen LogP contribution in [0.25, 0.3) is 10.8 Å². The third kappa shape index (κ3) is 4.34. The Morgan fingerprint density at radius 1 is 1.00 bits per heavy atom. The van der Waals surface area contributed by atoms with Crippen LogP contribution in [0.15, 0.2) is 71.6 Å². The van der Waals surface area contributed by atoms with Gasteiger partial charge in [-0.15, -0.1) is 0 Å². The Labute approximate surface area is 165 Å². The topological polar surface area (TPSA) is 63.7 Å². The molecule has 0 bridgehead atoms. The molecule has 1 atom stereocenters. The number of benzene rings is 3. The minimum atomic E-state index is -3.24. The largest absolute Gasteiger partial charge is 0.483 e. The summed E-state index contributed by atoms with van der Waals surface area (Å²) in [5, 5.41) is 2.02. The molecule has 0 radical (unpaired) electrons. The molecule has 0 aromatic heterocycles. The number of rotatable bonds is 6. The molecule has 1 amide bonds. The number of hydrogen-bond acceptors (Lipinski definition) is 4. The standard InChI is InChI=1S/C22H23NO4S/c1-16(17-11-13-19(14-12-17)28(3,25)26)23(2)22(24)15-27-21-10-6-8-18-7-4-5-9-20(18)21/h4-14,16H,15H2,1-3H3. The summed E-state index contributed by atoms with van der Waals surface area (Å²) in [6, 6.07) is 20.0. The third-order valence-electron chi connectivity index (χ3n) is 4.87. The number of sulfone groups is 1. The van der Waals surface area contributed by atoms with Gasteiger partial charge in [0.2, 0.25) is 0 Å². The molecular weight excluding hydrogens is 374 g/mol. The second-order valence-electron chi connectivity index (χ2n) is 6.79. The van der Waals surface area contributed by atoms with Crippen molar-refractivity contribution in [3.8, 4) is 5.75 Å². The van der Waals surface area contributed by atoms with E-state index in [1.54, 1.807) is 36.2 Å². The van der Waals surface area contributed by atoms with Crippen molar-refractivity contribution < 1.29 is 17.9 Å². The monoisotopic (exact) mass is 397 g/mol. The second kappa shape index (κ2) is 8.02. The number of carbonyl (C=O) groups excluding carboxylic acids is 1. The van der Waals surface area contributed by atoms with Crippen molar-refractivity contribution in [2.24, 2.45) is 0 Å². The minimum Gasteiger partial charge on any atom is -0.483 e. The normalized spacial score (nSPS) is 12.5. The van der Waals surface area contributed by atoms with Crippen LogP contribution in [0.1, 0.15) is 18.5 Å². The highest BCUT2D eigenvalue weighted by atomic mass is 32.2. The highest BCUT2D eigenvalue weighted by Gasteiger charge is 2.19. The molecule has 3 aromatic rings. The number of amides is 1. The molecule has 5 nitrogen and oxygen atoms in total. The zero-order chi connectivity index (χ0) is 20.3. The molecule has 0 saturated carbocycles. The molecule has 0 saturated heterocycles. The van der Waals surface area contributed by atoms with E-state index in [1.807, 2.05) is 49.4 Å². The molecule has 3 rings (SSSR count). The molecule has 0 aliphatic rings. The quantitative estimate of drug-likeness (QED) is 0.634. The molecular formula is C22H23NO4S. The lowest BCUT2D eigenvalue weighted by Crippen LogP contribution is -2.33. The van der Waals surface area contributed by atoms with Crippen molar-refractivity contribution >= 4 is 26.5 Å². The summed E-state index contributed by atoms with van der Waals surface area (Å²) in [6.45, 7) is 1.82. The summed E-state index contributed by atoms with van der Waals surface area (Å²) in [4.78, 5) is 14.5. The Kier molecular flexibility index (Phi) is 5.70. The molecule has 0 N–H and O–H groups in total. The lowest BCUT2D eigenvalue weighted by molar-refractivity contribution is -0.133. The lowest BCUT2D eigenvalue weighted by atomic mass is 10.1. The summed E-state index contributed by atoms with van der Waals surface area (Å²) in [5.41, 5.74) is 0.855. The van der Waals surface area contributed by atoms with Crippen LogP contribution in [0.5, 0.6) is 5.75 Å². The molecule has 0 aliphatic carbocycles. The van der Waals surface area contributed by atoms with Gasteiger partial charge in [-0.25, -0.2) is 8.42 Å². The maximum Gasteiger partial charge on any atom is 0.260 e. The number of likely N-dealkylation sites (N-methyl/N-ethyl adjacent to an activating group) is 1. The van der Waals surface area contributed by atoms with E-state index in [1.165, 1.54) is 6.26 Å². The predicted octanol–water partition coefficient (Wildman–Crippen LogP) is 3.84. The molecule has 6 heteroatoms. The van der Waals surface area contributed by atoms with E-state index in [4.69, 9.17) is 4.74 Å². The van der Waals surface area contributed by atoms with Crippen molar-refractivity contribution in [1.82, 2.24) is 4.90 Å². The summed E-state index contributed by atoms with van der Waals surface area (Å²) in [7, 11) is -1.53. The van der Waals surface area contributed by atoms with Gasteiger partial charge in [-0.1, -0.05) is 48.5 Å². The van der Waals surface area contributed by atoms with Crippen LogP contribution >= 0.6 is 0 Å². The van der Waals surface area contributed by atoms with Gasteiger partial charge in [-0.2, -0.15) is 0 Å². The summed E-state index contributed by atoms with van der Waals surface area (Å²) in [5.74, 6) is 0.512. The van der Waals surface area contributed by atoms with Gasteiger partial charge in [0.15, 0.2) is 16.4 Å². The van der Waals surface area contributed by atoms with Crippen LogP contribution in [-0.2, 0) is 14.6 Å². The first kappa shape index (κ1) is 19.9. The van der Waals surface area contributed by atoms with Crippen LogP contribution in [0, 0.1) is 0 Å². The number of hydrogen-bond donors (Lipinski definition) is 0. The maximum atomic E-state index is 12.6.